The molecule has 5 aliphatic rings. The summed E-state index contributed by atoms with van der Waals surface area (Å²) in [4.78, 5) is 167. The van der Waals surface area contributed by atoms with Gasteiger partial charge in [0.05, 0.1) is 61.2 Å². The number of carbonyl (C=O) groups is 11. The van der Waals surface area contributed by atoms with Crippen LogP contribution in [-0.4, -0.2) is 159 Å². The van der Waals surface area contributed by atoms with E-state index in [1.165, 1.54) is 10.6 Å². The predicted octanol–water partition coefficient (Wildman–Crippen LogP) is 1.45. The first-order chi connectivity index (χ1) is 42.9. The Kier molecular flexibility index (Phi) is 19.3. The fourth-order valence-corrected chi connectivity index (χ4v) is 11.4. The summed E-state index contributed by atoms with van der Waals surface area (Å²) >= 11 is 0. The first kappa shape index (κ1) is 66.0. The van der Waals surface area contributed by atoms with Crippen molar-refractivity contribution in [2.75, 3.05) is 39.5 Å². The number of amides is 9. The van der Waals surface area contributed by atoms with E-state index in [9.17, 15) is 62.6 Å². The number of aromatic nitrogens is 2. The van der Waals surface area contributed by atoms with Crippen molar-refractivity contribution < 1.29 is 81.2 Å². The van der Waals surface area contributed by atoms with Crippen LogP contribution in [0.4, 0.5) is 9.18 Å². The van der Waals surface area contributed by atoms with Crippen LogP contribution in [0.3, 0.4) is 0 Å². The minimum Gasteiger partial charge on any atom is -0.459 e. The molecule has 484 valence electrons. The van der Waals surface area contributed by atoms with Crippen LogP contribution in [0, 0.1) is 18.7 Å². The van der Waals surface area contributed by atoms with Gasteiger partial charge in [-0.25, -0.2) is 19.0 Å². The second kappa shape index (κ2) is 26.6. The Hall–Kier alpha value is -9.44. The topological polar surface area (TPSA) is 358 Å². The number of carbonyl (C=O) groups excluding carboxylic acids is 11. The Labute approximate surface area is 521 Å². The van der Waals surface area contributed by atoms with Crippen molar-refractivity contribution in [1.29, 1.82) is 0 Å². The average Bonchev–Trinajstić information content (AvgIpc) is 1.64. The number of hydrogen-bond acceptors (Lipinski definition) is 18. The van der Waals surface area contributed by atoms with Crippen molar-refractivity contribution in [2.45, 2.75) is 148 Å². The van der Waals surface area contributed by atoms with E-state index in [1.54, 1.807) is 91.8 Å². The monoisotopic (exact) mass is 1260 g/mol. The van der Waals surface area contributed by atoms with E-state index in [-0.39, 0.29) is 43.0 Å². The summed E-state index contributed by atoms with van der Waals surface area (Å²) in [5.74, 6) is -9.17. The molecule has 1 fully saturated rings. The Bertz CT molecular complexity index is 3740. The molecule has 9 rings (SSSR count). The summed E-state index contributed by atoms with van der Waals surface area (Å²) in [6.45, 7) is 8.33. The lowest BCUT2D eigenvalue weighted by Gasteiger charge is -2.32. The SMILES string of the molecule is CC[C@@]1(O)C(=O)OCc2c1cc1n(c2=O)Cc2c-1nc1cc(F)c(C)c3c1c2[C@@H](NC(=O)[C@H](OCNC(=O)CNC(=O)[C@H](Cc1ccccc1)NC(=O)CNC(=O)CNC(=O)[C@H](CN(CC(=O)OC(C)(C)C)C(=O)OC(C)(C)C)N1C(=O)C=CC1=O)C1CC1)CC3. The number of halogens is 1. The van der Waals surface area contributed by atoms with Crippen molar-refractivity contribution in [1.82, 2.24) is 51.3 Å². The highest BCUT2D eigenvalue weighted by molar-refractivity contribution is 6.15. The van der Waals surface area contributed by atoms with E-state index in [1.807, 2.05) is 0 Å². The molecule has 9 amide bonds. The zero-order valence-electron chi connectivity index (χ0n) is 51.6. The number of nitrogens with zero attached hydrogens (tertiary/aromatic N) is 4. The molecular weight excluding hydrogens is 1190 g/mol. The van der Waals surface area contributed by atoms with Crippen molar-refractivity contribution in [3.05, 3.63) is 110 Å². The zero-order valence-corrected chi connectivity index (χ0v) is 51.6. The number of fused-ring (bicyclic) bond motifs is 5. The summed E-state index contributed by atoms with van der Waals surface area (Å²) in [6, 6.07) is 7.69. The molecule has 0 radical (unpaired) electrons. The van der Waals surface area contributed by atoms with Gasteiger partial charge in [-0.15, -0.1) is 0 Å². The lowest BCUT2D eigenvalue weighted by atomic mass is 9.81. The molecule has 28 heteroatoms. The van der Waals surface area contributed by atoms with Crippen LogP contribution in [0.5, 0.6) is 0 Å². The molecule has 5 heterocycles. The number of benzene rings is 2. The van der Waals surface area contributed by atoms with Crippen LogP contribution >= 0.6 is 0 Å². The molecule has 7 N–H and O–H groups in total. The van der Waals surface area contributed by atoms with Crippen molar-refractivity contribution in [2.24, 2.45) is 5.92 Å². The van der Waals surface area contributed by atoms with Gasteiger partial charge in [0.25, 0.3) is 17.4 Å². The second-order valence-corrected chi connectivity index (χ2v) is 24.9. The molecule has 0 unspecified atom stereocenters. The Morgan fingerprint density at radius 3 is 2.11 bits per heavy atom. The molecular formula is C63H73FN10O17. The molecule has 27 nitrogen and oxygen atoms in total. The Balaban J connectivity index is 0.800. The fraction of sp³-hybridized carbons (Fsp3) is 0.476. The van der Waals surface area contributed by atoms with Crippen molar-refractivity contribution in [3.8, 4) is 11.4 Å². The van der Waals surface area contributed by atoms with E-state index in [4.69, 9.17) is 23.9 Å². The lowest BCUT2D eigenvalue weighted by Crippen LogP contribution is -2.57. The number of imide groups is 1. The minimum atomic E-state index is -2.08. The Morgan fingerprint density at radius 1 is 0.813 bits per heavy atom. The molecule has 91 heavy (non-hydrogen) atoms. The number of esters is 2. The summed E-state index contributed by atoms with van der Waals surface area (Å²) in [5, 5.41) is 27.5. The quantitative estimate of drug-likeness (QED) is 0.0211. The molecule has 1 saturated carbocycles. The second-order valence-electron chi connectivity index (χ2n) is 24.9. The van der Waals surface area contributed by atoms with Gasteiger partial charge < -0.3 is 60.5 Å². The van der Waals surface area contributed by atoms with Gasteiger partial charge in [-0.05, 0) is 115 Å². The number of aliphatic hydroxyl groups is 1. The standard InChI is InChI=1S/C63H73FN10O17/c1-9-63(87)38-22-43-53-36(27-73(43)58(84)37(38)30-88-59(63)85)52-40(18-17-35-32(2)39(64)23-41(70-53)51(35)52)71-57(83)54(34-15-16-34)89-31-68-46(76)25-66-55(81)42(21-33-13-11-10-12-14-33)69-47(77)26-65-45(75)24-67-56(82)44(74-48(78)19-20-49(74)79)28-72(60(86)91-62(6,7)8)29-50(80)90-61(3,4)5/h10-14,19-20,22-23,34,40,42,44,54,87H,9,15-18,21,24-31H2,1-8H3,(H,65,75)(H,66,81)(H,67,82)(H,68,76)(H,69,77)(H,71,83)/t40-,42-,44-,54+,63-/m0/s1. The molecule has 2 aromatic heterocycles. The zero-order chi connectivity index (χ0) is 66.0. The third-order valence-corrected chi connectivity index (χ3v) is 16.0. The minimum absolute atomic E-state index is 0.0301. The first-order valence-corrected chi connectivity index (χ1v) is 29.9. The molecule has 0 saturated heterocycles. The van der Waals surface area contributed by atoms with Gasteiger partial charge in [0.15, 0.2) is 5.60 Å². The maximum atomic E-state index is 15.6. The number of ether oxygens (including phenoxy) is 4. The summed E-state index contributed by atoms with van der Waals surface area (Å²) in [5.41, 5.74) is -0.420. The largest absolute Gasteiger partial charge is 0.459 e. The van der Waals surface area contributed by atoms with Crippen LogP contribution < -0.4 is 37.5 Å². The third kappa shape index (κ3) is 14.9. The van der Waals surface area contributed by atoms with Gasteiger partial charge >= 0.3 is 18.0 Å². The number of aryl methyl sites for hydroxylation is 1. The summed E-state index contributed by atoms with van der Waals surface area (Å²) in [7, 11) is 0. The lowest BCUT2D eigenvalue weighted by molar-refractivity contribution is -0.172. The number of cyclic esters (lactones) is 1. The van der Waals surface area contributed by atoms with Crippen LogP contribution in [0.15, 0.2) is 59.4 Å². The van der Waals surface area contributed by atoms with E-state index in [0.29, 0.717) is 80.7 Å². The van der Waals surface area contributed by atoms with Crippen LogP contribution in [0.2, 0.25) is 0 Å². The van der Waals surface area contributed by atoms with Gasteiger partial charge in [0.2, 0.25) is 35.4 Å². The maximum absolute atomic E-state index is 15.6. The smallest absolute Gasteiger partial charge is 0.410 e. The molecule has 2 aromatic carbocycles. The van der Waals surface area contributed by atoms with Crippen molar-refractivity contribution in [3.63, 3.8) is 0 Å². The van der Waals surface area contributed by atoms with Gasteiger partial charge in [-0.3, -0.25) is 57.7 Å². The summed E-state index contributed by atoms with van der Waals surface area (Å²) < 4.78 is 39.1. The summed E-state index contributed by atoms with van der Waals surface area (Å²) in [6.07, 6.45) is 1.59. The molecule has 2 aliphatic carbocycles. The van der Waals surface area contributed by atoms with Crippen molar-refractivity contribution >= 4 is 76.2 Å². The number of nitrogens with one attached hydrogen (secondary N) is 6. The van der Waals surface area contributed by atoms with Crippen LogP contribution in [-0.2, 0) is 98.5 Å². The van der Waals surface area contributed by atoms with E-state index < -0.39 is 157 Å². The Morgan fingerprint density at radius 2 is 1.46 bits per heavy atom. The van der Waals surface area contributed by atoms with E-state index in [0.717, 1.165) is 17.1 Å². The highest BCUT2D eigenvalue weighted by Gasteiger charge is 2.47. The molecule has 0 spiro atoms. The molecule has 4 aromatic rings. The molecule has 3 aliphatic heterocycles. The highest BCUT2D eigenvalue weighted by atomic mass is 19.1. The maximum Gasteiger partial charge on any atom is 0.410 e. The normalized spacial score (nSPS) is 18.2. The van der Waals surface area contributed by atoms with Crippen LogP contribution in [0.25, 0.3) is 22.3 Å². The first-order valence-electron chi connectivity index (χ1n) is 29.9. The predicted molar refractivity (Wildman–Crippen MR) is 319 cm³/mol. The highest BCUT2D eigenvalue weighted by Crippen LogP contribution is 2.46. The van der Waals surface area contributed by atoms with Gasteiger partial charge in [-0.1, -0.05) is 37.3 Å². The van der Waals surface area contributed by atoms with Gasteiger partial charge in [0, 0.05) is 41.2 Å². The average molecular weight is 1260 g/mol. The number of hydrogen-bond donors (Lipinski definition) is 7. The number of rotatable bonds is 23. The van der Waals surface area contributed by atoms with Gasteiger partial charge in [0.1, 0.15) is 55.1 Å². The van der Waals surface area contributed by atoms with E-state index >= 15 is 4.39 Å². The molecule has 0 bridgehead atoms. The van der Waals surface area contributed by atoms with Gasteiger partial charge in [-0.2, -0.15) is 0 Å². The number of pyridine rings is 2. The van der Waals surface area contributed by atoms with E-state index in [2.05, 4.69) is 31.9 Å². The fourth-order valence-electron chi connectivity index (χ4n) is 11.4. The molecule has 5 atom stereocenters. The third-order valence-electron chi connectivity index (χ3n) is 16.0. The van der Waals surface area contributed by atoms with Crippen LogP contribution in [0.1, 0.15) is 119 Å².